The minimum atomic E-state index is -0.0480. The smallest absolute Gasteiger partial charge is 0.321 e. The van der Waals surface area contributed by atoms with Gasteiger partial charge in [-0.1, -0.05) is 19.0 Å². The number of hydrogen-bond donors (Lipinski definition) is 1. The normalized spacial score (nSPS) is 13.8. The van der Waals surface area contributed by atoms with Crippen molar-refractivity contribution in [3.05, 3.63) is 5.82 Å². The van der Waals surface area contributed by atoms with Crippen LogP contribution in [0.15, 0.2) is 4.52 Å². The van der Waals surface area contributed by atoms with E-state index in [0.29, 0.717) is 11.3 Å². The summed E-state index contributed by atoms with van der Waals surface area (Å²) in [5, 5.41) is 7.73. The summed E-state index contributed by atoms with van der Waals surface area (Å²) in [6.45, 7) is 10.6. The molecule has 0 saturated carbocycles. The molecule has 0 aliphatic heterocycles. The first kappa shape index (κ1) is 13.4. The van der Waals surface area contributed by atoms with Crippen molar-refractivity contribution in [2.45, 2.75) is 57.6 Å². The fraction of sp³-hybridized carbons (Fsp3) is 0.818. The van der Waals surface area contributed by atoms with Gasteiger partial charge in [-0.2, -0.15) is 16.7 Å². The Morgan fingerprint density at radius 1 is 1.44 bits per heavy atom. The fourth-order valence-electron chi connectivity index (χ4n) is 1.02. The van der Waals surface area contributed by atoms with Crippen LogP contribution in [0.3, 0.4) is 0 Å². The average Bonchev–Trinajstić information content (AvgIpc) is 2.59. The van der Waals surface area contributed by atoms with E-state index in [1.54, 1.807) is 0 Å². The Kier molecular flexibility index (Phi) is 4.65. The van der Waals surface area contributed by atoms with E-state index in [-0.39, 0.29) is 5.54 Å². The first-order chi connectivity index (χ1) is 7.40. The summed E-state index contributed by atoms with van der Waals surface area (Å²) in [4.78, 5) is 4.29. The second-order valence-electron chi connectivity index (χ2n) is 4.92. The Morgan fingerprint density at radius 2 is 2.12 bits per heavy atom. The second-order valence-corrected chi connectivity index (χ2v) is 6.35. The highest BCUT2D eigenvalue weighted by Gasteiger charge is 2.14. The molecular formula is C11H21N3OS. The van der Waals surface area contributed by atoms with Crippen LogP contribution in [0.25, 0.3) is 0 Å². The highest BCUT2D eigenvalue weighted by atomic mass is 32.2. The molecule has 1 N–H and O–H groups in total. The highest BCUT2D eigenvalue weighted by Crippen LogP contribution is 2.19. The summed E-state index contributed by atoms with van der Waals surface area (Å²) < 4.78 is 5.12. The Morgan fingerprint density at radius 3 is 2.69 bits per heavy atom. The van der Waals surface area contributed by atoms with Gasteiger partial charge in [-0.05, 0) is 27.2 Å². The molecule has 0 amide bonds. The molecule has 1 unspecified atom stereocenters. The van der Waals surface area contributed by atoms with Crippen molar-refractivity contribution in [3.8, 4) is 0 Å². The van der Waals surface area contributed by atoms with Gasteiger partial charge < -0.3 is 9.84 Å². The second kappa shape index (κ2) is 5.57. The van der Waals surface area contributed by atoms with E-state index in [1.165, 1.54) is 0 Å². The summed E-state index contributed by atoms with van der Waals surface area (Å²) in [6, 6.07) is 0.507. The number of nitrogens with one attached hydrogen (secondary N) is 1. The van der Waals surface area contributed by atoms with E-state index in [2.05, 4.69) is 50.1 Å². The van der Waals surface area contributed by atoms with Crippen molar-refractivity contribution < 1.29 is 4.52 Å². The minimum absolute atomic E-state index is 0.0480. The van der Waals surface area contributed by atoms with E-state index in [9.17, 15) is 0 Å². The zero-order valence-electron chi connectivity index (χ0n) is 10.7. The van der Waals surface area contributed by atoms with Crippen LogP contribution >= 0.6 is 11.8 Å². The van der Waals surface area contributed by atoms with Crippen molar-refractivity contribution in [1.82, 2.24) is 10.1 Å². The Balaban J connectivity index is 2.45. The molecule has 5 heteroatoms. The summed E-state index contributed by atoms with van der Waals surface area (Å²) in [5.41, 5.74) is -0.0480. The van der Waals surface area contributed by atoms with Crippen molar-refractivity contribution in [3.63, 3.8) is 0 Å². The van der Waals surface area contributed by atoms with Crippen molar-refractivity contribution in [2.75, 3.05) is 5.32 Å². The summed E-state index contributed by atoms with van der Waals surface area (Å²) in [5.74, 6) is 1.57. The zero-order valence-corrected chi connectivity index (χ0v) is 11.5. The molecule has 0 aliphatic carbocycles. The number of hydrogen-bond acceptors (Lipinski definition) is 5. The molecule has 0 spiro atoms. The number of thioether (sulfide) groups is 1. The van der Waals surface area contributed by atoms with Gasteiger partial charge in [0, 0.05) is 10.8 Å². The lowest BCUT2D eigenvalue weighted by Crippen LogP contribution is -2.26. The van der Waals surface area contributed by atoms with Gasteiger partial charge in [-0.25, -0.2) is 0 Å². The maximum atomic E-state index is 5.12. The van der Waals surface area contributed by atoms with E-state index in [1.807, 2.05) is 11.8 Å². The largest absolute Gasteiger partial charge is 0.333 e. The van der Waals surface area contributed by atoms with Gasteiger partial charge in [-0.15, -0.1) is 0 Å². The monoisotopic (exact) mass is 243 g/mol. The molecule has 1 heterocycles. The fourth-order valence-corrected chi connectivity index (χ4v) is 1.81. The number of rotatable bonds is 5. The SMILES string of the molecule is CCC(C)SCc1noc(NC(C)(C)C)n1. The molecule has 0 radical (unpaired) electrons. The molecule has 1 aromatic rings. The lowest BCUT2D eigenvalue weighted by molar-refractivity contribution is 0.414. The van der Waals surface area contributed by atoms with Crippen LogP contribution in [0.4, 0.5) is 6.01 Å². The molecule has 1 aromatic heterocycles. The van der Waals surface area contributed by atoms with Gasteiger partial charge in [0.1, 0.15) is 0 Å². The van der Waals surface area contributed by atoms with Crippen molar-refractivity contribution in [1.29, 1.82) is 0 Å². The molecular weight excluding hydrogens is 222 g/mol. The predicted molar refractivity (Wildman–Crippen MR) is 68.7 cm³/mol. The molecule has 92 valence electrons. The van der Waals surface area contributed by atoms with Crippen LogP contribution in [0.2, 0.25) is 0 Å². The predicted octanol–water partition coefficient (Wildman–Crippen LogP) is 3.31. The lowest BCUT2D eigenvalue weighted by Gasteiger charge is -2.17. The van der Waals surface area contributed by atoms with Gasteiger partial charge in [0.25, 0.3) is 0 Å². The van der Waals surface area contributed by atoms with Gasteiger partial charge >= 0.3 is 6.01 Å². The number of anilines is 1. The van der Waals surface area contributed by atoms with Crippen LogP contribution in [0.1, 0.15) is 46.9 Å². The minimum Gasteiger partial charge on any atom is -0.333 e. The highest BCUT2D eigenvalue weighted by molar-refractivity contribution is 7.99. The molecule has 0 aliphatic rings. The van der Waals surface area contributed by atoms with E-state index >= 15 is 0 Å². The standard InChI is InChI=1S/C11H21N3OS/c1-6-8(2)16-7-9-12-10(15-14-9)13-11(3,4)5/h8H,6-7H2,1-5H3,(H,12,13,14). The Labute approximate surface area is 102 Å². The Bertz CT molecular complexity index is 319. The molecule has 1 rings (SSSR count). The molecule has 0 fully saturated rings. The third kappa shape index (κ3) is 4.88. The summed E-state index contributed by atoms with van der Waals surface area (Å²) >= 11 is 1.85. The van der Waals surface area contributed by atoms with Crippen LogP contribution < -0.4 is 5.32 Å². The Hall–Kier alpha value is -0.710. The van der Waals surface area contributed by atoms with Crippen LogP contribution in [0, 0.1) is 0 Å². The van der Waals surface area contributed by atoms with Crippen LogP contribution in [-0.4, -0.2) is 20.9 Å². The summed E-state index contributed by atoms with van der Waals surface area (Å²) in [6.07, 6.45) is 1.16. The van der Waals surface area contributed by atoms with Crippen LogP contribution in [-0.2, 0) is 5.75 Å². The quantitative estimate of drug-likeness (QED) is 0.859. The third-order valence-corrected chi connectivity index (χ3v) is 3.35. The number of aromatic nitrogens is 2. The molecule has 0 aromatic carbocycles. The third-order valence-electron chi connectivity index (χ3n) is 2.02. The molecule has 0 bridgehead atoms. The molecule has 16 heavy (non-hydrogen) atoms. The van der Waals surface area contributed by atoms with E-state index in [0.717, 1.165) is 18.0 Å². The van der Waals surface area contributed by atoms with Crippen molar-refractivity contribution >= 4 is 17.8 Å². The number of nitrogens with zero attached hydrogens (tertiary/aromatic N) is 2. The van der Waals surface area contributed by atoms with Crippen molar-refractivity contribution in [2.24, 2.45) is 0 Å². The van der Waals surface area contributed by atoms with Gasteiger partial charge in [0.15, 0.2) is 5.82 Å². The maximum absolute atomic E-state index is 5.12. The molecule has 4 nitrogen and oxygen atoms in total. The topological polar surface area (TPSA) is 51.0 Å². The molecule has 1 atom stereocenters. The van der Waals surface area contributed by atoms with E-state index < -0.39 is 0 Å². The molecule has 0 saturated heterocycles. The summed E-state index contributed by atoms with van der Waals surface area (Å²) in [7, 11) is 0. The lowest BCUT2D eigenvalue weighted by atomic mass is 10.1. The van der Waals surface area contributed by atoms with Crippen LogP contribution in [0.5, 0.6) is 0 Å². The van der Waals surface area contributed by atoms with E-state index in [4.69, 9.17) is 4.52 Å². The first-order valence-electron chi connectivity index (χ1n) is 5.63. The van der Waals surface area contributed by atoms with Gasteiger partial charge in [0.05, 0.1) is 5.75 Å². The maximum Gasteiger partial charge on any atom is 0.321 e. The zero-order chi connectivity index (χ0) is 12.2. The first-order valence-corrected chi connectivity index (χ1v) is 6.68. The van der Waals surface area contributed by atoms with Gasteiger partial charge in [0.2, 0.25) is 0 Å². The van der Waals surface area contributed by atoms with Gasteiger partial charge in [-0.3, -0.25) is 0 Å². The average molecular weight is 243 g/mol.